The summed E-state index contributed by atoms with van der Waals surface area (Å²) in [6.45, 7) is 0. The molecule has 1 aromatic rings. The summed E-state index contributed by atoms with van der Waals surface area (Å²) >= 11 is 11.4. The highest BCUT2D eigenvalue weighted by atomic mass is 35.5. The Morgan fingerprint density at radius 2 is 1.75 bits per heavy atom. The molecule has 3 N–H and O–H groups in total. The number of halogens is 2. The average Bonchev–Trinajstić information content (AvgIpc) is 2.41. The third-order valence-electron chi connectivity index (χ3n) is 2.86. The third-order valence-corrected chi connectivity index (χ3v) is 3.30. The Balaban J connectivity index is 2.58. The fourth-order valence-corrected chi connectivity index (χ4v) is 2.23. The highest BCUT2D eigenvalue weighted by Crippen LogP contribution is 2.18. The van der Waals surface area contributed by atoms with Crippen molar-refractivity contribution < 1.29 is 14.6 Å². The van der Waals surface area contributed by atoms with Crippen LogP contribution in [0.25, 0.3) is 0 Å². The Bertz CT molecular complexity index is 405. The molecule has 20 heavy (non-hydrogen) atoms. The molecule has 0 bridgehead atoms. The van der Waals surface area contributed by atoms with Crippen molar-refractivity contribution in [3.8, 4) is 5.75 Å². The molecule has 0 heterocycles. The standard InChI is InChI=1S/C14H19Cl2NO3/c15-7-5-12(6-8-16)20-11-3-1-10(2-4-11)9-13(17)14(18)19/h1-4,12-13H,5-9,17H2,(H,18,19)/t13-/m0/s1. The molecule has 112 valence electrons. The van der Waals surface area contributed by atoms with Gasteiger partial charge in [0.05, 0.1) is 0 Å². The predicted octanol–water partition coefficient (Wildman–Crippen LogP) is 2.65. The minimum absolute atomic E-state index is 0.00266. The largest absolute Gasteiger partial charge is 0.490 e. The Kier molecular flexibility index (Phi) is 7.73. The Hall–Kier alpha value is -0.970. The van der Waals surface area contributed by atoms with E-state index in [9.17, 15) is 4.79 Å². The molecule has 1 rings (SSSR count). The van der Waals surface area contributed by atoms with Crippen LogP contribution in [0.15, 0.2) is 24.3 Å². The molecular weight excluding hydrogens is 301 g/mol. The van der Waals surface area contributed by atoms with Crippen molar-refractivity contribution in [1.82, 2.24) is 0 Å². The zero-order valence-corrected chi connectivity index (χ0v) is 12.6. The van der Waals surface area contributed by atoms with Crippen molar-refractivity contribution >= 4 is 29.2 Å². The first kappa shape index (κ1) is 17.1. The van der Waals surface area contributed by atoms with Crippen LogP contribution in [0.4, 0.5) is 0 Å². The van der Waals surface area contributed by atoms with Gasteiger partial charge in [-0.2, -0.15) is 0 Å². The number of ether oxygens (including phenoxy) is 1. The first-order valence-corrected chi connectivity index (χ1v) is 7.49. The van der Waals surface area contributed by atoms with Crippen LogP contribution in [0.5, 0.6) is 5.75 Å². The lowest BCUT2D eigenvalue weighted by Gasteiger charge is -2.17. The Morgan fingerprint density at radius 1 is 1.20 bits per heavy atom. The summed E-state index contributed by atoms with van der Waals surface area (Å²) in [7, 11) is 0. The molecule has 0 aliphatic rings. The second-order valence-corrected chi connectivity index (χ2v) is 5.24. The topological polar surface area (TPSA) is 72.5 Å². The van der Waals surface area contributed by atoms with Gasteiger partial charge in [0.2, 0.25) is 0 Å². The molecule has 0 unspecified atom stereocenters. The van der Waals surface area contributed by atoms with Crippen LogP contribution in [0.1, 0.15) is 18.4 Å². The van der Waals surface area contributed by atoms with Crippen LogP contribution < -0.4 is 10.5 Å². The number of alkyl halides is 2. The normalized spacial score (nSPS) is 12.4. The Labute approximate surface area is 128 Å². The molecule has 1 atom stereocenters. The van der Waals surface area contributed by atoms with Crippen LogP contribution in [-0.4, -0.2) is 35.0 Å². The second kappa shape index (κ2) is 9.06. The number of hydrogen-bond acceptors (Lipinski definition) is 3. The van der Waals surface area contributed by atoms with Crippen molar-refractivity contribution in [1.29, 1.82) is 0 Å². The molecule has 6 heteroatoms. The van der Waals surface area contributed by atoms with Crippen LogP contribution in [0.3, 0.4) is 0 Å². The molecule has 0 spiro atoms. The maximum Gasteiger partial charge on any atom is 0.320 e. The quantitative estimate of drug-likeness (QED) is 0.686. The number of hydrogen-bond donors (Lipinski definition) is 2. The number of benzene rings is 1. The predicted molar refractivity (Wildman–Crippen MR) is 80.8 cm³/mol. The van der Waals surface area contributed by atoms with Gasteiger partial charge in [-0.3, -0.25) is 4.79 Å². The van der Waals surface area contributed by atoms with E-state index in [0.717, 1.165) is 24.2 Å². The van der Waals surface area contributed by atoms with Gasteiger partial charge in [0.25, 0.3) is 0 Å². The number of rotatable bonds is 9. The van der Waals surface area contributed by atoms with E-state index in [1.54, 1.807) is 12.1 Å². The fraction of sp³-hybridized carbons (Fsp3) is 0.500. The summed E-state index contributed by atoms with van der Waals surface area (Å²) in [5, 5.41) is 8.76. The van der Waals surface area contributed by atoms with Gasteiger partial charge >= 0.3 is 5.97 Å². The summed E-state index contributed by atoms with van der Waals surface area (Å²) in [4.78, 5) is 10.7. The highest BCUT2D eigenvalue weighted by molar-refractivity contribution is 6.18. The molecule has 0 fully saturated rings. The third kappa shape index (κ3) is 5.99. The van der Waals surface area contributed by atoms with Gasteiger partial charge in [0.1, 0.15) is 17.9 Å². The van der Waals surface area contributed by atoms with Crippen molar-refractivity contribution in [3.63, 3.8) is 0 Å². The molecule has 0 amide bonds. The van der Waals surface area contributed by atoms with Gasteiger partial charge in [-0.1, -0.05) is 12.1 Å². The minimum atomic E-state index is -1.00. The molecule has 0 aliphatic heterocycles. The molecule has 1 aromatic carbocycles. The number of aliphatic carboxylic acids is 1. The van der Waals surface area contributed by atoms with E-state index in [0.29, 0.717) is 18.2 Å². The summed E-state index contributed by atoms with van der Waals surface area (Å²) in [5.41, 5.74) is 6.35. The van der Waals surface area contributed by atoms with Crippen molar-refractivity contribution in [2.75, 3.05) is 11.8 Å². The van der Waals surface area contributed by atoms with E-state index in [-0.39, 0.29) is 6.10 Å². The molecule has 0 saturated heterocycles. The number of carboxylic acid groups (broad SMARTS) is 1. The summed E-state index contributed by atoms with van der Waals surface area (Å²) in [6.07, 6.45) is 1.76. The van der Waals surface area contributed by atoms with Gasteiger partial charge in [0, 0.05) is 11.8 Å². The van der Waals surface area contributed by atoms with Crippen LogP contribution >= 0.6 is 23.2 Å². The molecule has 4 nitrogen and oxygen atoms in total. The molecule has 0 saturated carbocycles. The summed E-state index contributed by atoms with van der Waals surface area (Å²) in [6, 6.07) is 6.35. The van der Waals surface area contributed by atoms with E-state index < -0.39 is 12.0 Å². The number of carbonyl (C=O) groups is 1. The van der Waals surface area contributed by atoms with Crippen LogP contribution in [-0.2, 0) is 11.2 Å². The maximum atomic E-state index is 10.7. The maximum absolute atomic E-state index is 10.7. The van der Waals surface area contributed by atoms with E-state index >= 15 is 0 Å². The zero-order valence-electron chi connectivity index (χ0n) is 11.1. The molecular formula is C14H19Cl2NO3. The van der Waals surface area contributed by atoms with Crippen LogP contribution in [0, 0.1) is 0 Å². The minimum Gasteiger partial charge on any atom is -0.490 e. The zero-order chi connectivity index (χ0) is 15.0. The van der Waals surface area contributed by atoms with E-state index in [2.05, 4.69) is 0 Å². The monoisotopic (exact) mass is 319 g/mol. The van der Waals surface area contributed by atoms with Gasteiger partial charge in [0.15, 0.2) is 0 Å². The van der Waals surface area contributed by atoms with Gasteiger partial charge in [-0.15, -0.1) is 23.2 Å². The lowest BCUT2D eigenvalue weighted by atomic mass is 10.1. The average molecular weight is 320 g/mol. The summed E-state index contributed by atoms with van der Waals surface area (Å²) < 4.78 is 5.79. The van der Waals surface area contributed by atoms with E-state index in [1.165, 1.54) is 0 Å². The van der Waals surface area contributed by atoms with Crippen molar-refractivity contribution in [2.24, 2.45) is 5.73 Å². The Morgan fingerprint density at radius 3 is 2.20 bits per heavy atom. The highest BCUT2D eigenvalue weighted by Gasteiger charge is 2.13. The summed E-state index contributed by atoms with van der Waals surface area (Å²) in [5.74, 6) is 0.757. The first-order valence-electron chi connectivity index (χ1n) is 6.42. The SMILES string of the molecule is N[C@@H](Cc1ccc(OC(CCCl)CCCl)cc1)C(=O)O. The van der Waals surface area contributed by atoms with Crippen molar-refractivity contribution in [2.45, 2.75) is 31.4 Å². The van der Waals surface area contributed by atoms with E-state index in [4.69, 9.17) is 38.8 Å². The van der Waals surface area contributed by atoms with Gasteiger partial charge < -0.3 is 15.6 Å². The fourth-order valence-electron chi connectivity index (χ4n) is 1.74. The van der Waals surface area contributed by atoms with Gasteiger partial charge in [-0.05, 0) is 37.0 Å². The number of nitrogens with two attached hydrogens (primary N) is 1. The van der Waals surface area contributed by atoms with E-state index in [1.807, 2.05) is 12.1 Å². The molecule has 0 radical (unpaired) electrons. The van der Waals surface area contributed by atoms with Crippen molar-refractivity contribution in [3.05, 3.63) is 29.8 Å². The van der Waals surface area contributed by atoms with Gasteiger partial charge in [-0.25, -0.2) is 0 Å². The molecule has 0 aromatic heterocycles. The second-order valence-electron chi connectivity index (χ2n) is 4.49. The number of carboxylic acids is 1. The lowest BCUT2D eigenvalue weighted by Crippen LogP contribution is -2.32. The molecule has 0 aliphatic carbocycles. The smallest absolute Gasteiger partial charge is 0.320 e. The van der Waals surface area contributed by atoms with Crippen LogP contribution in [0.2, 0.25) is 0 Å². The first-order chi connectivity index (χ1) is 9.56. The lowest BCUT2D eigenvalue weighted by molar-refractivity contribution is -0.138.